The van der Waals surface area contributed by atoms with Crippen LogP contribution >= 0.6 is 0 Å². The fraction of sp³-hybridized carbons (Fsp3) is 0.941. The van der Waals surface area contributed by atoms with Crippen molar-refractivity contribution < 1.29 is 19.4 Å². The molecule has 0 spiro atoms. The largest absolute Gasteiger partial charge is 0.481 e. The molecule has 0 saturated heterocycles. The van der Waals surface area contributed by atoms with E-state index >= 15 is 0 Å². The van der Waals surface area contributed by atoms with E-state index in [2.05, 4.69) is 48.5 Å². The van der Waals surface area contributed by atoms with Crippen molar-refractivity contribution in [3.63, 3.8) is 0 Å². The third-order valence-electron chi connectivity index (χ3n) is 14.9. The Balaban J connectivity index is 1.32. The molecule has 4 heteroatoms. The Morgan fingerprint density at radius 1 is 0.763 bits per heavy atom. The third kappa shape index (κ3) is 3.39. The molecule has 0 aromatic rings. The number of hydrogen-bond acceptors (Lipinski definition) is 3. The van der Waals surface area contributed by atoms with Gasteiger partial charge in [0.2, 0.25) is 0 Å². The lowest BCUT2D eigenvalue weighted by molar-refractivity contribution is -0.252. The standard InChI is InChI=1S/C34H54O4/c1-20(2)22-12-17-34(29(36)37)19-18-32(6)23(27(22)34)10-11-25-31(5)15-14-26(38-28(35)21-8-9-21)30(3,4)24(31)13-16-33(25,32)7/h20-27H,8-19H2,1-7H3,(H,36,37)/t22-,23?,24?,25?,26+,27?,31-,32+,33+,34-/m0/s1. The molecule has 6 aliphatic carbocycles. The lowest BCUT2D eigenvalue weighted by atomic mass is 9.32. The van der Waals surface area contributed by atoms with E-state index in [-0.39, 0.29) is 39.7 Å². The molecule has 0 amide bonds. The average molecular weight is 527 g/mol. The zero-order valence-corrected chi connectivity index (χ0v) is 25.3. The van der Waals surface area contributed by atoms with Crippen LogP contribution in [-0.4, -0.2) is 23.1 Å². The molecule has 4 unspecified atom stereocenters. The van der Waals surface area contributed by atoms with Crippen molar-refractivity contribution in [3.8, 4) is 0 Å². The van der Waals surface area contributed by atoms with Gasteiger partial charge in [-0.25, -0.2) is 0 Å². The highest BCUT2D eigenvalue weighted by Gasteiger charge is 2.72. The first kappa shape index (κ1) is 27.1. The topological polar surface area (TPSA) is 63.6 Å². The number of carbonyl (C=O) groups excluding carboxylic acids is 1. The number of aliphatic carboxylic acids is 1. The molecule has 0 aromatic heterocycles. The van der Waals surface area contributed by atoms with Crippen molar-refractivity contribution in [1.82, 2.24) is 0 Å². The van der Waals surface area contributed by atoms with E-state index in [1.165, 1.54) is 25.7 Å². The molecule has 0 aliphatic heterocycles. The normalized spacial score (nSPS) is 51.4. The molecule has 38 heavy (non-hydrogen) atoms. The highest BCUT2D eigenvalue weighted by Crippen LogP contribution is 2.77. The van der Waals surface area contributed by atoms with Gasteiger partial charge in [0, 0.05) is 5.41 Å². The second-order valence-corrected chi connectivity index (χ2v) is 16.7. The summed E-state index contributed by atoms with van der Waals surface area (Å²) in [6.45, 7) is 17.3. The van der Waals surface area contributed by atoms with E-state index in [9.17, 15) is 14.7 Å². The van der Waals surface area contributed by atoms with Crippen LogP contribution in [0, 0.1) is 68.5 Å². The van der Waals surface area contributed by atoms with Crippen LogP contribution in [0.2, 0.25) is 0 Å². The van der Waals surface area contributed by atoms with E-state index in [0.29, 0.717) is 35.5 Å². The molecule has 6 rings (SSSR count). The molecule has 214 valence electrons. The van der Waals surface area contributed by atoms with Crippen molar-refractivity contribution in [2.45, 2.75) is 132 Å². The molecule has 6 fully saturated rings. The van der Waals surface area contributed by atoms with Gasteiger partial charge in [-0.3, -0.25) is 9.59 Å². The molecular weight excluding hydrogens is 472 g/mol. The van der Waals surface area contributed by atoms with Crippen LogP contribution in [0.1, 0.15) is 126 Å². The predicted molar refractivity (Wildman–Crippen MR) is 149 cm³/mol. The van der Waals surface area contributed by atoms with Gasteiger partial charge in [-0.1, -0.05) is 48.5 Å². The van der Waals surface area contributed by atoms with Crippen molar-refractivity contribution in [1.29, 1.82) is 0 Å². The van der Waals surface area contributed by atoms with Gasteiger partial charge in [-0.05, 0) is 129 Å². The average Bonchev–Trinajstić information content (AvgIpc) is 3.61. The Bertz CT molecular complexity index is 996. The molecule has 1 N–H and O–H groups in total. The van der Waals surface area contributed by atoms with Crippen LogP contribution in [0.3, 0.4) is 0 Å². The summed E-state index contributed by atoms with van der Waals surface area (Å²) >= 11 is 0. The summed E-state index contributed by atoms with van der Waals surface area (Å²) in [4.78, 5) is 25.5. The minimum atomic E-state index is -0.503. The smallest absolute Gasteiger partial charge is 0.309 e. The van der Waals surface area contributed by atoms with Crippen LogP contribution < -0.4 is 0 Å². The van der Waals surface area contributed by atoms with Crippen molar-refractivity contribution in [3.05, 3.63) is 0 Å². The summed E-state index contributed by atoms with van der Waals surface area (Å²) in [5.74, 6) is 2.88. The van der Waals surface area contributed by atoms with E-state index in [0.717, 1.165) is 51.4 Å². The zero-order chi connectivity index (χ0) is 27.5. The van der Waals surface area contributed by atoms with Gasteiger partial charge < -0.3 is 9.84 Å². The summed E-state index contributed by atoms with van der Waals surface area (Å²) in [5.41, 5.74) is 0.195. The monoisotopic (exact) mass is 526 g/mol. The number of carboxylic acids is 1. The second kappa shape index (κ2) is 8.48. The van der Waals surface area contributed by atoms with Crippen LogP contribution in [0.25, 0.3) is 0 Å². The van der Waals surface area contributed by atoms with Crippen molar-refractivity contribution >= 4 is 11.9 Å². The second-order valence-electron chi connectivity index (χ2n) is 16.7. The zero-order valence-electron chi connectivity index (χ0n) is 25.3. The van der Waals surface area contributed by atoms with Gasteiger partial charge in [-0.15, -0.1) is 0 Å². The number of hydrogen-bond donors (Lipinski definition) is 1. The van der Waals surface area contributed by atoms with E-state index < -0.39 is 11.4 Å². The molecule has 6 aliphatic rings. The lowest BCUT2D eigenvalue weighted by Gasteiger charge is -2.72. The molecule has 0 bridgehead atoms. The third-order valence-corrected chi connectivity index (χ3v) is 14.9. The van der Waals surface area contributed by atoms with Gasteiger partial charge in [0.1, 0.15) is 6.10 Å². The Hall–Kier alpha value is -1.06. The Kier molecular flexibility index (Phi) is 6.05. The highest BCUT2D eigenvalue weighted by atomic mass is 16.5. The Morgan fingerprint density at radius 2 is 1.47 bits per heavy atom. The molecule has 0 aromatic carbocycles. The minimum Gasteiger partial charge on any atom is -0.481 e. The number of carboxylic acid groups (broad SMARTS) is 1. The fourth-order valence-corrected chi connectivity index (χ4v) is 12.5. The first-order valence-corrected chi connectivity index (χ1v) is 16.2. The van der Waals surface area contributed by atoms with Crippen molar-refractivity contribution in [2.24, 2.45) is 68.5 Å². The first-order valence-electron chi connectivity index (χ1n) is 16.2. The highest BCUT2D eigenvalue weighted by molar-refractivity contribution is 5.76. The molecule has 10 atom stereocenters. The predicted octanol–water partition coefficient (Wildman–Crippen LogP) is 8.13. The molecule has 0 radical (unpaired) electrons. The number of ether oxygens (including phenoxy) is 1. The molecule has 0 heterocycles. The minimum absolute atomic E-state index is 0.00412. The van der Waals surface area contributed by atoms with Crippen LogP contribution in [0.4, 0.5) is 0 Å². The van der Waals surface area contributed by atoms with Crippen LogP contribution in [0.15, 0.2) is 0 Å². The quantitative estimate of drug-likeness (QED) is 0.376. The Morgan fingerprint density at radius 3 is 2.11 bits per heavy atom. The van der Waals surface area contributed by atoms with Crippen LogP contribution in [-0.2, 0) is 14.3 Å². The number of rotatable bonds is 4. The first-order chi connectivity index (χ1) is 17.7. The van der Waals surface area contributed by atoms with Gasteiger partial charge >= 0.3 is 11.9 Å². The summed E-state index contributed by atoms with van der Waals surface area (Å²) < 4.78 is 6.21. The Labute approximate surface area is 231 Å². The van der Waals surface area contributed by atoms with Gasteiger partial charge in [0.25, 0.3) is 0 Å². The maximum atomic E-state index is 12.9. The number of carbonyl (C=O) groups is 2. The molecular formula is C34H54O4. The summed E-state index contributed by atoms with van der Waals surface area (Å²) in [7, 11) is 0. The number of fused-ring (bicyclic) bond motifs is 7. The maximum Gasteiger partial charge on any atom is 0.309 e. The van der Waals surface area contributed by atoms with E-state index in [1.807, 2.05) is 0 Å². The fourth-order valence-electron chi connectivity index (χ4n) is 12.5. The summed E-state index contributed by atoms with van der Waals surface area (Å²) in [6, 6.07) is 0. The van der Waals surface area contributed by atoms with Gasteiger partial charge in [-0.2, -0.15) is 0 Å². The van der Waals surface area contributed by atoms with E-state index in [1.54, 1.807) is 0 Å². The molecule has 4 nitrogen and oxygen atoms in total. The lowest BCUT2D eigenvalue weighted by Crippen LogP contribution is -2.67. The summed E-state index contributed by atoms with van der Waals surface area (Å²) in [6.07, 6.45) is 13.0. The SMILES string of the molecule is CC(C)[C@@H]1CC[C@]2(C(=O)O)CC[C@]3(C)C(CCC4[C@@]5(C)CC[C@@H](OC(=O)C6CC6)C(C)(C)C5CC[C@]43C)C12. The van der Waals surface area contributed by atoms with Gasteiger partial charge in [0.05, 0.1) is 11.3 Å². The van der Waals surface area contributed by atoms with Crippen LogP contribution in [0.5, 0.6) is 0 Å². The maximum absolute atomic E-state index is 12.9. The molecule has 6 saturated carbocycles. The van der Waals surface area contributed by atoms with Crippen molar-refractivity contribution in [2.75, 3.05) is 0 Å². The van der Waals surface area contributed by atoms with Gasteiger partial charge in [0.15, 0.2) is 0 Å². The van der Waals surface area contributed by atoms with E-state index in [4.69, 9.17) is 4.74 Å². The number of esters is 1. The summed E-state index contributed by atoms with van der Waals surface area (Å²) in [5, 5.41) is 10.6.